The maximum Gasteiger partial charge on any atom is 0.417 e. The number of non-ortho nitro benzene ring substituents is 1. The number of carbonyl (C=O) groups excluding carboxylic acids is 1. The number of ether oxygens (including phenoxy) is 5. The molecule has 66 heavy (non-hydrogen) atoms. The van der Waals surface area contributed by atoms with Gasteiger partial charge in [0.05, 0.1) is 48.3 Å². The highest BCUT2D eigenvalue weighted by Gasteiger charge is 2.64. The van der Waals surface area contributed by atoms with Crippen LogP contribution in [0.25, 0.3) is 0 Å². The smallest absolute Gasteiger partial charge is 0.417 e. The molecule has 4 aromatic rings. The normalized spacial score (nSPS) is 22.2. The van der Waals surface area contributed by atoms with E-state index in [0.717, 1.165) is 65.8 Å². The molecule has 0 radical (unpaired) electrons. The van der Waals surface area contributed by atoms with Crippen LogP contribution in [-0.4, -0.2) is 82.8 Å². The lowest BCUT2D eigenvalue weighted by molar-refractivity contribution is -0.384. The van der Waals surface area contributed by atoms with E-state index in [4.69, 9.17) is 33.7 Å². The van der Waals surface area contributed by atoms with Gasteiger partial charge in [0, 0.05) is 61.7 Å². The standard InChI is InChI=1S/C50H58N4O11S/c1-4-26-62-50-46(66-27-21-33-19-22-51-23-20-33)31-43(53-63-32-34-11-13-36(14-12-34)54(58)59)40-28-35(9-5-7-24-55)39(10-6-8-25-56)47(48(40)50)41-29-38(16-18-44(41)65-50)64-49(57)52-42-17-15-37(60-2)30-45(42)61-3/h4,11-20,22-23,28-30,35,39,46-48,55-56H,1,5-10,21,24-27,31-32H2,2-3H3,(H,52,57). The Bertz CT molecular complexity index is 2350. The first-order valence-corrected chi connectivity index (χ1v) is 23.4. The molecule has 1 aliphatic heterocycles. The second-order valence-electron chi connectivity index (χ2n) is 16.5. The van der Waals surface area contributed by atoms with Crippen LogP contribution in [0.3, 0.4) is 0 Å². The summed E-state index contributed by atoms with van der Waals surface area (Å²) in [6, 6.07) is 20.8. The quantitative estimate of drug-likeness (QED) is 0.0276. The number of amides is 1. The van der Waals surface area contributed by atoms with Crippen molar-refractivity contribution in [2.24, 2.45) is 22.9 Å². The van der Waals surface area contributed by atoms with E-state index in [1.54, 1.807) is 73.7 Å². The minimum absolute atomic E-state index is 0.0109. The van der Waals surface area contributed by atoms with Gasteiger partial charge < -0.3 is 38.7 Å². The summed E-state index contributed by atoms with van der Waals surface area (Å²) in [4.78, 5) is 34.8. The van der Waals surface area contributed by atoms with Crippen molar-refractivity contribution < 1.29 is 48.5 Å². The Morgan fingerprint density at radius 3 is 2.45 bits per heavy atom. The highest BCUT2D eigenvalue weighted by atomic mass is 32.2. The number of hydrogen-bond donors (Lipinski definition) is 3. The van der Waals surface area contributed by atoms with Crippen molar-refractivity contribution in [1.29, 1.82) is 0 Å². The number of allylic oxidation sites excluding steroid dienone is 1. The van der Waals surface area contributed by atoms with Gasteiger partial charge in [-0.2, -0.15) is 11.8 Å². The number of fused-ring (bicyclic) bond motifs is 2. The number of anilines is 1. The van der Waals surface area contributed by atoms with E-state index in [1.165, 1.54) is 19.2 Å². The van der Waals surface area contributed by atoms with E-state index < -0.39 is 22.7 Å². The van der Waals surface area contributed by atoms with Crippen molar-refractivity contribution in [2.75, 3.05) is 45.1 Å². The zero-order valence-electron chi connectivity index (χ0n) is 37.3. The largest absolute Gasteiger partial charge is 0.497 e. The zero-order chi connectivity index (χ0) is 46.5. The van der Waals surface area contributed by atoms with Gasteiger partial charge in [0.1, 0.15) is 29.6 Å². The van der Waals surface area contributed by atoms with Crippen molar-refractivity contribution in [3.05, 3.63) is 136 Å². The Hall–Kier alpha value is -5.94. The van der Waals surface area contributed by atoms with Crippen LogP contribution < -0.4 is 24.3 Å². The number of nitrogens with zero attached hydrogens (tertiary/aromatic N) is 3. The first-order chi connectivity index (χ1) is 32.2. The number of unbranched alkanes of at least 4 members (excludes halogenated alkanes) is 2. The van der Waals surface area contributed by atoms with Gasteiger partial charge in [-0.3, -0.25) is 20.4 Å². The second kappa shape index (κ2) is 23.0. The second-order valence-corrected chi connectivity index (χ2v) is 17.8. The Morgan fingerprint density at radius 2 is 1.74 bits per heavy atom. The van der Waals surface area contributed by atoms with E-state index in [2.05, 4.69) is 23.0 Å². The number of aliphatic hydroxyl groups excluding tert-OH is 2. The number of hydrogen-bond acceptors (Lipinski definition) is 14. The number of aliphatic hydroxyl groups is 2. The lowest BCUT2D eigenvalue weighted by Crippen LogP contribution is -2.64. The minimum atomic E-state index is -1.20. The molecule has 16 heteroatoms. The fraction of sp³-hybridized carbons (Fsp3) is 0.420. The summed E-state index contributed by atoms with van der Waals surface area (Å²) in [5.74, 6) is 0.822. The number of methoxy groups -OCH3 is 2. The van der Waals surface area contributed by atoms with Crippen molar-refractivity contribution in [3.8, 4) is 23.0 Å². The van der Waals surface area contributed by atoms with Gasteiger partial charge in [0.2, 0.25) is 5.79 Å². The lowest BCUT2D eigenvalue weighted by atomic mass is 9.56. The Morgan fingerprint density at radius 1 is 0.985 bits per heavy atom. The van der Waals surface area contributed by atoms with Crippen LogP contribution in [0.1, 0.15) is 67.6 Å². The summed E-state index contributed by atoms with van der Waals surface area (Å²) in [6.45, 7) is 4.47. The molecular formula is C50H58N4O11S. The summed E-state index contributed by atoms with van der Waals surface area (Å²) in [5.41, 5.74) is 4.81. The number of oxime groups is 1. The summed E-state index contributed by atoms with van der Waals surface area (Å²) in [5, 5.41) is 38.6. The van der Waals surface area contributed by atoms with Crippen LogP contribution in [0.5, 0.6) is 23.0 Å². The van der Waals surface area contributed by atoms with Crippen molar-refractivity contribution in [2.45, 2.75) is 74.9 Å². The Kier molecular flexibility index (Phi) is 16.7. The highest BCUT2D eigenvalue weighted by Crippen LogP contribution is 2.62. The summed E-state index contributed by atoms with van der Waals surface area (Å²) in [6.07, 6.45) is 12.5. The number of nitrogens with one attached hydrogen (secondary N) is 1. The molecule has 1 amide bonds. The number of carbonyl (C=O) groups is 1. The topological polar surface area (TPSA) is 193 Å². The third-order valence-corrected chi connectivity index (χ3v) is 13.8. The molecule has 6 unspecified atom stereocenters. The van der Waals surface area contributed by atoms with Gasteiger partial charge in [-0.05, 0) is 121 Å². The predicted octanol–water partition coefficient (Wildman–Crippen LogP) is 9.43. The molecule has 1 saturated carbocycles. The fourth-order valence-electron chi connectivity index (χ4n) is 9.45. The number of nitro benzene ring substituents is 1. The molecule has 3 aromatic carbocycles. The van der Waals surface area contributed by atoms with Gasteiger partial charge in [0.25, 0.3) is 5.69 Å². The van der Waals surface area contributed by atoms with Crippen LogP contribution in [0, 0.1) is 27.9 Å². The number of rotatable bonds is 23. The van der Waals surface area contributed by atoms with Gasteiger partial charge in [-0.25, -0.2) is 4.79 Å². The molecule has 7 rings (SSSR count). The summed E-state index contributed by atoms with van der Waals surface area (Å²) in [7, 11) is 3.05. The SMILES string of the molecule is C=CCOC12Oc3ccc(OC(=O)Nc4ccc(OC)cc4OC)cc3C3C(CCCCO)C(CCCCO)C=C(C(=NOCc4ccc([N+](=O)[O-])cc4)CC1SCCc1ccncc1)C32. The van der Waals surface area contributed by atoms with Crippen molar-refractivity contribution in [3.63, 3.8) is 0 Å². The van der Waals surface area contributed by atoms with Crippen molar-refractivity contribution in [1.82, 2.24) is 4.98 Å². The lowest BCUT2D eigenvalue weighted by Gasteiger charge is -2.58. The molecular weight excluding hydrogens is 865 g/mol. The zero-order valence-corrected chi connectivity index (χ0v) is 38.2. The molecule has 15 nitrogen and oxygen atoms in total. The van der Waals surface area contributed by atoms with Crippen LogP contribution in [0.4, 0.5) is 16.2 Å². The molecule has 3 N–H and O–H groups in total. The van der Waals surface area contributed by atoms with Gasteiger partial charge >= 0.3 is 6.09 Å². The van der Waals surface area contributed by atoms with E-state index >= 15 is 0 Å². The number of pyridine rings is 1. The molecule has 0 saturated heterocycles. The molecule has 6 atom stereocenters. The van der Waals surface area contributed by atoms with Gasteiger partial charge in [-0.1, -0.05) is 30.1 Å². The van der Waals surface area contributed by atoms with Crippen LogP contribution >= 0.6 is 11.8 Å². The summed E-state index contributed by atoms with van der Waals surface area (Å²) < 4.78 is 31.2. The fourth-order valence-corrected chi connectivity index (χ4v) is 10.9. The van der Waals surface area contributed by atoms with Crippen LogP contribution in [0.15, 0.2) is 115 Å². The van der Waals surface area contributed by atoms with E-state index in [0.29, 0.717) is 47.9 Å². The maximum absolute atomic E-state index is 13.6. The van der Waals surface area contributed by atoms with Gasteiger partial charge in [-0.15, -0.1) is 6.58 Å². The van der Waals surface area contributed by atoms with E-state index in [1.807, 2.05) is 24.3 Å². The molecule has 0 spiro atoms. The molecule has 2 aliphatic carbocycles. The third-order valence-electron chi connectivity index (χ3n) is 12.5. The number of aromatic nitrogens is 1. The summed E-state index contributed by atoms with van der Waals surface area (Å²) >= 11 is 1.75. The average molecular weight is 923 g/mol. The first-order valence-electron chi connectivity index (χ1n) is 22.4. The average Bonchev–Trinajstić information content (AvgIpc) is 3.33. The van der Waals surface area contributed by atoms with E-state index in [9.17, 15) is 25.1 Å². The monoisotopic (exact) mass is 922 g/mol. The van der Waals surface area contributed by atoms with Crippen LogP contribution in [-0.2, 0) is 22.6 Å². The minimum Gasteiger partial charge on any atom is -0.497 e. The predicted molar refractivity (Wildman–Crippen MR) is 252 cm³/mol. The van der Waals surface area contributed by atoms with Crippen LogP contribution in [0.2, 0.25) is 0 Å². The number of aryl methyl sites for hydroxylation is 1. The molecule has 350 valence electrons. The molecule has 3 aliphatic rings. The van der Waals surface area contributed by atoms with Crippen molar-refractivity contribution >= 4 is 34.9 Å². The number of nitro groups is 1. The molecule has 1 fully saturated rings. The number of benzene rings is 3. The molecule has 2 heterocycles. The number of thioether (sulfide) groups is 1. The Labute approximate surface area is 389 Å². The highest BCUT2D eigenvalue weighted by molar-refractivity contribution is 8.00. The van der Waals surface area contributed by atoms with Gasteiger partial charge in [0.15, 0.2) is 0 Å². The van der Waals surface area contributed by atoms with E-state index in [-0.39, 0.29) is 55.1 Å². The third kappa shape index (κ3) is 11.2. The Balaban J connectivity index is 1.32. The first kappa shape index (κ1) is 48.0. The molecule has 0 bridgehead atoms. The molecule has 1 aromatic heterocycles. The maximum atomic E-state index is 13.6.